The summed E-state index contributed by atoms with van der Waals surface area (Å²) in [5.74, 6) is 0.487. The Balaban J connectivity index is 2.64. The molecule has 0 unspecified atom stereocenters. The quantitative estimate of drug-likeness (QED) is 0.352. The van der Waals surface area contributed by atoms with E-state index < -0.39 is 0 Å². The van der Waals surface area contributed by atoms with E-state index >= 15 is 0 Å². The van der Waals surface area contributed by atoms with Gasteiger partial charge in [-0.2, -0.15) is 5.06 Å². The summed E-state index contributed by atoms with van der Waals surface area (Å²) in [6.07, 6.45) is 0. The second-order valence-electron chi connectivity index (χ2n) is 2.47. The maximum atomic E-state index is 8.96. The lowest BCUT2D eigenvalue weighted by Gasteiger charge is -2.16. The van der Waals surface area contributed by atoms with E-state index in [1.807, 2.05) is 0 Å². The predicted molar refractivity (Wildman–Crippen MR) is 48.4 cm³/mol. The zero-order chi connectivity index (χ0) is 9.84. The van der Waals surface area contributed by atoms with Gasteiger partial charge in [-0.1, -0.05) is 0 Å². The van der Waals surface area contributed by atoms with E-state index in [2.05, 4.69) is 0 Å². The summed E-state index contributed by atoms with van der Waals surface area (Å²) in [5, 5.41) is 17.1. The highest BCUT2D eigenvalue weighted by atomic mass is 16.7. The molecule has 0 bridgehead atoms. The lowest BCUT2D eigenvalue weighted by Crippen LogP contribution is -2.35. The minimum Gasteiger partial charge on any atom is -0.508 e. The van der Waals surface area contributed by atoms with Crippen molar-refractivity contribution in [3.63, 3.8) is 0 Å². The zero-order valence-corrected chi connectivity index (χ0v) is 7.19. The Labute approximate surface area is 75.8 Å². The molecule has 13 heavy (non-hydrogen) atoms. The number of nitrogens with two attached hydrogens (primary N) is 1. The summed E-state index contributed by atoms with van der Waals surface area (Å²) in [6.45, 7) is 0. The number of hydroxylamine groups is 2. The van der Waals surface area contributed by atoms with Crippen LogP contribution in [0.25, 0.3) is 0 Å². The van der Waals surface area contributed by atoms with Crippen LogP contribution in [-0.4, -0.2) is 23.2 Å². The number of nitrogens with zero attached hydrogens (tertiary/aromatic N) is 1. The van der Waals surface area contributed by atoms with Gasteiger partial charge in [-0.05, 0) is 24.3 Å². The van der Waals surface area contributed by atoms with Gasteiger partial charge in [0.05, 0.1) is 0 Å². The first-order chi connectivity index (χ1) is 6.09. The van der Waals surface area contributed by atoms with Crippen molar-refractivity contribution in [3.8, 4) is 11.5 Å². The maximum absolute atomic E-state index is 8.96. The third kappa shape index (κ3) is 2.55. The standard InChI is InChI=1S/C8H11N3O2/c1-11(8(9)10)13-7-4-2-6(12)3-5-7/h2-5,12H,1H3,(H3,9,10). The van der Waals surface area contributed by atoms with Crippen LogP contribution in [0.15, 0.2) is 24.3 Å². The molecule has 5 heteroatoms. The highest BCUT2D eigenvalue weighted by Gasteiger charge is 2.01. The van der Waals surface area contributed by atoms with Gasteiger partial charge in [0.25, 0.3) is 0 Å². The summed E-state index contributed by atoms with van der Waals surface area (Å²) in [5.41, 5.74) is 5.15. The third-order valence-electron chi connectivity index (χ3n) is 1.42. The van der Waals surface area contributed by atoms with Crippen LogP contribution >= 0.6 is 0 Å². The van der Waals surface area contributed by atoms with Crippen LogP contribution in [0.3, 0.4) is 0 Å². The molecular formula is C8H11N3O2. The van der Waals surface area contributed by atoms with Crippen molar-refractivity contribution >= 4 is 5.96 Å². The molecule has 1 rings (SSSR count). The largest absolute Gasteiger partial charge is 0.508 e. The predicted octanol–water partition coefficient (Wildman–Crippen LogP) is 0.511. The molecule has 0 fully saturated rings. The van der Waals surface area contributed by atoms with Gasteiger partial charge >= 0.3 is 0 Å². The maximum Gasteiger partial charge on any atom is 0.222 e. The number of hydrogen-bond donors (Lipinski definition) is 3. The van der Waals surface area contributed by atoms with Crippen molar-refractivity contribution in [1.82, 2.24) is 5.06 Å². The van der Waals surface area contributed by atoms with Crippen LogP contribution in [0.5, 0.6) is 11.5 Å². The van der Waals surface area contributed by atoms with E-state index in [4.69, 9.17) is 21.1 Å². The van der Waals surface area contributed by atoms with Crippen molar-refractivity contribution < 1.29 is 9.94 Å². The molecule has 0 saturated heterocycles. The summed E-state index contributed by atoms with van der Waals surface area (Å²) in [4.78, 5) is 5.10. The number of phenols is 1. The van der Waals surface area contributed by atoms with Gasteiger partial charge in [-0.25, -0.2) is 0 Å². The minimum absolute atomic E-state index is 0.165. The first kappa shape index (κ1) is 9.18. The van der Waals surface area contributed by atoms with Gasteiger partial charge in [0, 0.05) is 7.05 Å². The molecule has 1 aromatic rings. The molecule has 0 atom stereocenters. The Bertz CT molecular complexity index is 297. The van der Waals surface area contributed by atoms with Crippen LogP contribution in [0.2, 0.25) is 0 Å². The molecule has 70 valence electrons. The molecule has 0 aliphatic rings. The second kappa shape index (κ2) is 3.66. The van der Waals surface area contributed by atoms with Gasteiger partial charge < -0.3 is 15.7 Å². The minimum atomic E-state index is -0.187. The summed E-state index contributed by atoms with van der Waals surface area (Å²) < 4.78 is 0. The van der Waals surface area contributed by atoms with E-state index in [9.17, 15) is 0 Å². The smallest absolute Gasteiger partial charge is 0.222 e. The summed E-state index contributed by atoms with van der Waals surface area (Å²) in [6, 6.07) is 6.14. The topological polar surface area (TPSA) is 82.6 Å². The third-order valence-corrected chi connectivity index (χ3v) is 1.42. The Morgan fingerprint density at radius 2 is 2.00 bits per heavy atom. The van der Waals surface area contributed by atoms with Gasteiger partial charge in [-0.3, -0.25) is 5.41 Å². The lowest BCUT2D eigenvalue weighted by molar-refractivity contribution is 0.0450. The summed E-state index contributed by atoms with van der Waals surface area (Å²) in [7, 11) is 1.52. The summed E-state index contributed by atoms with van der Waals surface area (Å²) >= 11 is 0. The Morgan fingerprint density at radius 1 is 1.46 bits per heavy atom. The van der Waals surface area contributed by atoms with Gasteiger partial charge in [0.2, 0.25) is 5.96 Å². The molecule has 0 amide bonds. The van der Waals surface area contributed by atoms with Gasteiger partial charge in [0.1, 0.15) is 5.75 Å². The second-order valence-corrected chi connectivity index (χ2v) is 2.47. The van der Waals surface area contributed by atoms with Gasteiger partial charge in [0.15, 0.2) is 5.75 Å². The first-order valence-corrected chi connectivity index (χ1v) is 3.64. The van der Waals surface area contributed by atoms with Crippen molar-refractivity contribution in [1.29, 1.82) is 5.41 Å². The molecule has 0 aliphatic heterocycles. The van der Waals surface area contributed by atoms with E-state index in [0.717, 1.165) is 5.06 Å². The van der Waals surface area contributed by atoms with Crippen molar-refractivity contribution in [2.45, 2.75) is 0 Å². The number of guanidine groups is 1. The molecule has 0 radical (unpaired) electrons. The Morgan fingerprint density at radius 3 is 2.46 bits per heavy atom. The molecule has 0 aromatic heterocycles. The molecule has 0 saturated carbocycles. The fourth-order valence-electron chi connectivity index (χ4n) is 0.714. The highest BCUT2D eigenvalue weighted by Crippen LogP contribution is 2.16. The molecule has 0 heterocycles. The van der Waals surface area contributed by atoms with E-state index in [1.54, 1.807) is 12.1 Å². The monoisotopic (exact) mass is 181 g/mol. The van der Waals surface area contributed by atoms with Crippen LogP contribution < -0.4 is 10.6 Å². The average Bonchev–Trinajstić information content (AvgIpc) is 2.08. The van der Waals surface area contributed by atoms with E-state index in [1.165, 1.54) is 19.2 Å². The van der Waals surface area contributed by atoms with Crippen molar-refractivity contribution in [2.75, 3.05) is 7.05 Å². The fraction of sp³-hybridized carbons (Fsp3) is 0.125. The molecule has 0 spiro atoms. The number of hydrogen-bond acceptors (Lipinski definition) is 3. The number of phenolic OH excluding ortho intramolecular Hbond substituents is 1. The number of rotatable bonds is 2. The molecular weight excluding hydrogens is 170 g/mol. The van der Waals surface area contributed by atoms with Crippen molar-refractivity contribution in [2.24, 2.45) is 5.73 Å². The fourth-order valence-corrected chi connectivity index (χ4v) is 0.714. The van der Waals surface area contributed by atoms with E-state index in [0.29, 0.717) is 5.75 Å². The van der Waals surface area contributed by atoms with Crippen LogP contribution in [-0.2, 0) is 0 Å². The number of nitrogens with one attached hydrogen (secondary N) is 1. The Kier molecular flexibility index (Phi) is 2.59. The van der Waals surface area contributed by atoms with Gasteiger partial charge in [-0.15, -0.1) is 0 Å². The normalized spacial score (nSPS) is 9.31. The van der Waals surface area contributed by atoms with Crippen LogP contribution in [0, 0.1) is 5.41 Å². The number of aromatic hydroxyl groups is 1. The molecule has 4 N–H and O–H groups in total. The van der Waals surface area contributed by atoms with Crippen LogP contribution in [0.1, 0.15) is 0 Å². The highest BCUT2D eigenvalue weighted by molar-refractivity contribution is 5.73. The SMILES string of the molecule is CN(Oc1ccc(O)cc1)C(=N)N. The number of benzene rings is 1. The first-order valence-electron chi connectivity index (χ1n) is 3.64. The molecule has 0 aliphatic carbocycles. The zero-order valence-electron chi connectivity index (χ0n) is 7.19. The Hall–Kier alpha value is -1.91. The van der Waals surface area contributed by atoms with E-state index in [-0.39, 0.29) is 11.7 Å². The lowest BCUT2D eigenvalue weighted by atomic mass is 10.3. The molecule has 1 aromatic carbocycles. The van der Waals surface area contributed by atoms with Crippen LogP contribution in [0.4, 0.5) is 0 Å². The molecule has 5 nitrogen and oxygen atoms in total. The van der Waals surface area contributed by atoms with Crippen molar-refractivity contribution in [3.05, 3.63) is 24.3 Å². The average molecular weight is 181 g/mol.